The number of rotatable bonds is 38. The highest BCUT2D eigenvalue weighted by atomic mass is 31.2. The van der Waals surface area contributed by atoms with Gasteiger partial charge in [0, 0.05) is 19.4 Å². The van der Waals surface area contributed by atoms with Gasteiger partial charge in [-0.2, -0.15) is 0 Å². The number of likely N-dealkylation sites (N-methyl/N-ethyl adjacent to an activating group) is 1. The fourth-order valence-corrected chi connectivity index (χ4v) is 6.01. The Bertz CT molecular complexity index is 996. The summed E-state index contributed by atoms with van der Waals surface area (Å²) in [5, 5.41) is 2.81. The predicted octanol–water partition coefficient (Wildman–Crippen LogP) is 11.4. The third-order valence-electron chi connectivity index (χ3n) is 8.42. The third kappa shape index (κ3) is 37.7. The molecule has 0 heterocycles. The van der Waals surface area contributed by atoms with Gasteiger partial charge in [0.05, 0.1) is 13.2 Å². The first-order chi connectivity index (χ1) is 25.3. The predicted molar refractivity (Wildman–Crippen MR) is 215 cm³/mol. The second kappa shape index (κ2) is 38.7. The monoisotopic (exact) mass is 754 g/mol. The number of hydrogen-bond donors (Lipinski definition) is 2. The number of carbonyl (C=O) groups excluding carboxylic acids is 2. The molecule has 2 unspecified atom stereocenters. The fraction of sp³-hybridized carbons (Fsp3) is 0.762. The lowest BCUT2D eigenvalue weighted by Gasteiger charge is -2.20. The van der Waals surface area contributed by atoms with Crippen LogP contribution in [-0.4, -0.2) is 56.3 Å². The molecule has 0 bridgehead atoms. The van der Waals surface area contributed by atoms with Crippen molar-refractivity contribution in [1.29, 1.82) is 0 Å². The third-order valence-corrected chi connectivity index (χ3v) is 9.41. The minimum Gasteiger partial charge on any atom is -0.462 e. The molecule has 0 aliphatic rings. The molecule has 0 aliphatic carbocycles. The Kier molecular flexibility index (Phi) is 37.2. The van der Waals surface area contributed by atoms with Crippen LogP contribution in [0.4, 0.5) is 0 Å². The highest BCUT2D eigenvalue weighted by Gasteiger charge is 2.26. The zero-order valence-electron chi connectivity index (χ0n) is 33.2. The first-order valence-corrected chi connectivity index (χ1v) is 22.1. The SMILES string of the molecule is CCCCC/C=C\C/C=C\C/C=C\CCCCC(=O)OC(COC(=O)CCCCCCCCC/C=C\CCCCCC)COP(=O)(O)OCCNC. The van der Waals surface area contributed by atoms with Crippen molar-refractivity contribution in [3.63, 3.8) is 0 Å². The molecule has 0 saturated carbocycles. The van der Waals surface area contributed by atoms with Gasteiger partial charge in [0.15, 0.2) is 6.10 Å². The van der Waals surface area contributed by atoms with Crippen molar-refractivity contribution < 1.29 is 37.6 Å². The van der Waals surface area contributed by atoms with E-state index in [1.807, 2.05) is 0 Å². The highest BCUT2D eigenvalue weighted by molar-refractivity contribution is 7.47. The molecule has 0 saturated heterocycles. The van der Waals surface area contributed by atoms with Gasteiger partial charge in [-0.25, -0.2) is 4.57 Å². The standard InChI is InChI=1S/C42H76NO8P/c1-4-6-8-10-12-14-16-18-20-22-24-26-28-30-32-34-41(44)48-38-40(39-50-52(46,47)49-37-36-43-3)51-42(45)35-33-31-29-27-25-23-21-19-17-15-13-11-9-7-5-2/h13-16,19,21,25,27,40,43H,4-12,17-18,20,22-24,26,28-39H2,1-3H3,(H,46,47)/b15-13-,16-14-,21-19-,27-25-. The smallest absolute Gasteiger partial charge is 0.462 e. The topological polar surface area (TPSA) is 120 Å². The Morgan fingerprint density at radius 3 is 1.63 bits per heavy atom. The molecule has 0 radical (unpaired) electrons. The maximum atomic E-state index is 12.6. The quantitative estimate of drug-likeness (QED) is 0.0275. The largest absolute Gasteiger partial charge is 0.472 e. The van der Waals surface area contributed by atoms with Gasteiger partial charge in [-0.05, 0) is 84.1 Å². The van der Waals surface area contributed by atoms with Crippen LogP contribution in [0.5, 0.6) is 0 Å². The lowest BCUT2D eigenvalue weighted by molar-refractivity contribution is -0.161. The average Bonchev–Trinajstić information content (AvgIpc) is 3.12. The molecular formula is C42H76NO8P. The van der Waals surface area contributed by atoms with Gasteiger partial charge in [0.2, 0.25) is 0 Å². The van der Waals surface area contributed by atoms with Crippen LogP contribution in [0, 0.1) is 0 Å². The van der Waals surface area contributed by atoms with Gasteiger partial charge in [-0.3, -0.25) is 18.6 Å². The van der Waals surface area contributed by atoms with Crippen molar-refractivity contribution in [2.45, 2.75) is 174 Å². The summed E-state index contributed by atoms with van der Waals surface area (Å²) < 4.78 is 33.1. The zero-order valence-corrected chi connectivity index (χ0v) is 34.1. The van der Waals surface area contributed by atoms with Crippen LogP contribution in [0.2, 0.25) is 0 Å². The Hall–Kier alpha value is -2.03. The molecular weight excluding hydrogens is 677 g/mol. The van der Waals surface area contributed by atoms with Crippen molar-refractivity contribution >= 4 is 19.8 Å². The molecule has 0 aromatic heterocycles. The summed E-state index contributed by atoms with van der Waals surface area (Å²) in [4.78, 5) is 35.0. The van der Waals surface area contributed by atoms with Gasteiger partial charge < -0.3 is 19.7 Å². The number of unbranched alkanes of at least 4 members (excludes halogenated alkanes) is 16. The lowest BCUT2D eigenvalue weighted by atomic mass is 10.1. The van der Waals surface area contributed by atoms with E-state index >= 15 is 0 Å². The van der Waals surface area contributed by atoms with Gasteiger partial charge >= 0.3 is 19.8 Å². The number of phosphoric acid groups is 1. The van der Waals surface area contributed by atoms with E-state index in [9.17, 15) is 19.0 Å². The summed E-state index contributed by atoms with van der Waals surface area (Å²) in [6, 6.07) is 0. The number of allylic oxidation sites excluding steroid dienone is 8. The average molecular weight is 754 g/mol. The molecule has 2 N–H and O–H groups in total. The van der Waals surface area contributed by atoms with E-state index in [-0.39, 0.29) is 32.0 Å². The molecule has 0 rings (SSSR count). The van der Waals surface area contributed by atoms with E-state index in [0.717, 1.165) is 64.2 Å². The highest BCUT2D eigenvalue weighted by Crippen LogP contribution is 2.43. The van der Waals surface area contributed by atoms with E-state index < -0.39 is 26.5 Å². The van der Waals surface area contributed by atoms with Crippen molar-refractivity contribution in [3.05, 3.63) is 48.6 Å². The maximum absolute atomic E-state index is 12.6. The van der Waals surface area contributed by atoms with Crippen LogP contribution in [0.1, 0.15) is 168 Å². The molecule has 0 aromatic carbocycles. The first-order valence-electron chi connectivity index (χ1n) is 20.6. The summed E-state index contributed by atoms with van der Waals surface area (Å²) in [6.07, 6.45) is 41.5. The summed E-state index contributed by atoms with van der Waals surface area (Å²) in [7, 11) is -2.67. The van der Waals surface area contributed by atoms with Crippen molar-refractivity contribution in [2.75, 3.05) is 33.4 Å². The molecule has 9 nitrogen and oxygen atoms in total. The van der Waals surface area contributed by atoms with Crippen LogP contribution in [0.15, 0.2) is 48.6 Å². The molecule has 0 aliphatic heterocycles. The van der Waals surface area contributed by atoms with Crippen LogP contribution in [0.3, 0.4) is 0 Å². The zero-order chi connectivity index (χ0) is 38.2. The van der Waals surface area contributed by atoms with E-state index in [4.69, 9.17) is 18.5 Å². The molecule has 10 heteroatoms. The Morgan fingerprint density at radius 1 is 0.596 bits per heavy atom. The molecule has 2 atom stereocenters. The van der Waals surface area contributed by atoms with E-state index in [0.29, 0.717) is 13.0 Å². The summed E-state index contributed by atoms with van der Waals surface area (Å²) in [5.41, 5.74) is 0. The minimum atomic E-state index is -4.36. The molecule has 0 aromatic rings. The number of esters is 2. The molecule has 0 amide bonds. The molecule has 302 valence electrons. The van der Waals surface area contributed by atoms with Gasteiger partial charge in [-0.1, -0.05) is 127 Å². The van der Waals surface area contributed by atoms with Crippen LogP contribution >= 0.6 is 7.82 Å². The second-order valence-electron chi connectivity index (χ2n) is 13.5. The molecule has 0 spiro atoms. The van der Waals surface area contributed by atoms with Crippen LogP contribution in [0.25, 0.3) is 0 Å². The van der Waals surface area contributed by atoms with Gasteiger partial charge in [-0.15, -0.1) is 0 Å². The van der Waals surface area contributed by atoms with E-state index in [1.54, 1.807) is 7.05 Å². The first kappa shape index (κ1) is 50.0. The number of hydrogen-bond acceptors (Lipinski definition) is 8. The van der Waals surface area contributed by atoms with Crippen LogP contribution < -0.4 is 5.32 Å². The van der Waals surface area contributed by atoms with Crippen molar-refractivity contribution in [2.24, 2.45) is 0 Å². The second-order valence-corrected chi connectivity index (χ2v) is 14.9. The molecule has 0 fully saturated rings. The lowest BCUT2D eigenvalue weighted by Crippen LogP contribution is -2.29. The Morgan fingerprint density at radius 2 is 1.04 bits per heavy atom. The van der Waals surface area contributed by atoms with Crippen LogP contribution in [-0.2, 0) is 32.7 Å². The maximum Gasteiger partial charge on any atom is 0.472 e. The number of ether oxygens (including phenoxy) is 2. The Labute approximate surface area is 318 Å². The summed E-state index contributed by atoms with van der Waals surface area (Å²) in [6.45, 7) is 4.12. The number of phosphoric ester groups is 1. The minimum absolute atomic E-state index is 0.0262. The van der Waals surface area contributed by atoms with Gasteiger partial charge in [0.25, 0.3) is 0 Å². The van der Waals surface area contributed by atoms with E-state index in [1.165, 1.54) is 70.6 Å². The normalized spacial score (nSPS) is 13.8. The number of nitrogens with one attached hydrogen (secondary N) is 1. The summed E-state index contributed by atoms with van der Waals surface area (Å²) in [5.74, 6) is -0.859. The number of carbonyl (C=O) groups is 2. The fourth-order valence-electron chi connectivity index (χ4n) is 5.26. The van der Waals surface area contributed by atoms with Crippen molar-refractivity contribution in [3.8, 4) is 0 Å². The van der Waals surface area contributed by atoms with Crippen molar-refractivity contribution in [1.82, 2.24) is 5.32 Å². The summed E-state index contributed by atoms with van der Waals surface area (Å²) >= 11 is 0. The Balaban J connectivity index is 4.33. The van der Waals surface area contributed by atoms with Gasteiger partial charge in [0.1, 0.15) is 6.61 Å². The van der Waals surface area contributed by atoms with E-state index in [2.05, 4.69) is 67.8 Å². The molecule has 52 heavy (non-hydrogen) atoms.